The maximum atomic E-state index is 12.3. The van der Waals surface area contributed by atoms with Gasteiger partial charge >= 0.3 is 12.6 Å². The molecule has 1 aliphatic rings. The number of rotatable bonds is 10. The highest BCUT2D eigenvalue weighted by Crippen LogP contribution is 2.22. The van der Waals surface area contributed by atoms with Gasteiger partial charge in [-0.05, 0) is 18.6 Å². The quantitative estimate of drug-likeness (QED) is 0.573. The average molecular weight is 400 g/mol. The molecular weight excluding hydrogens is 378 g/mol. The van der Waals surface area contributed by atoms with Crippen LogP contribution in [-0.4, -0.2) is 66.2 Å². The molecule has 1 saturated heterocycles. The topological polar surface area (TPSA) is 105 Å². The summed E-state index contributed by atoms with van der Waals surface area (Å²) in [6.07, 6.45) is -0.730. The van der Waals surface area contributed by atoms with Crippen molar-refractivity contribution in [3.05, 3.63) is 30.3 Å². The second kappa shape index (κ2) is 10.5. The van der Waals surface area contributed by atoms with Gasteiger partial charge in [-0.3, -0.25) is 9.59 Å². The Morgan fingerprint density at radius 3 is 2.61 bits per heavy atom. The summed E-state index contributed by atoms with van der Waals surface area (Å²) in [7, 11) is 0. The van der Waals surface area contributed by atoms with Gasteiger partial charge in [0.05, 0.1) is 19.3 Å². The zero-order valence-corrected chi connectivity index (χ0v) is 15.1. The molecule has 1 fully saturated rings. The first-order chi connectivity index (χ1) is 13.4. The number of aliphatic carboxylic acids is 1. The molecule has 1 aliphatic heterocycles. The number of halogens is 2. The molecule has 1 aromatic carbocycles. The molecule has 0 saturated carbocycles. The number of nitrogens with one attached hydrogen (secondary N) is 1. The zero-order chi connectivity index (χ0) is 20.5. The Morgan fingerprint density at radius 1 is 1.25 bits per heavy atom. The van der Waals surface area contributed by atoms with Crippen molar-refractivity contribution < 1.29 is 37.7 Å². The standard InChI is InChI=1S/C18H22F2N2O6/c19-18(20)28-13-9-14(17(25)26)22(11-13)16(24)10-21-15(23)7-4-8-27-12-5-2-1-3-6-12/h1-3,5-6,13-14,18H,4,7-11H2,(H,21,23)(H,25,26)/t13-,14+/m1/s1. The lowest BCUT2D eigenvalue weighted by Gasteiger charge is -2.21. The Kier molecular flexibility index (Phi) is 8.12. The first-order valence-corrected chi connectivity index (χ1v) is 8.77. The molecule has 0 radical (unpaired) electrons. The SMILES string of the molecule is O=C(CCCOc1ccccc1)NCC(=O)N1C[C@H](OC(F)F)C[C@H]1C(=O)O. The van der Waals surface area contributed by atoms with Gasteiger partial charge in [0.1, 0.15) is 11.8 Å². The van der Waals surface area contributed by atoms with E-state index in [1.807, 2.05) is 18.2 Å². The number of amides is 2. The van der Waals surface area contributed by atoms with Crippen molar-refractivity contribution in [3.63, 3.8) is 0 Å². The predicted octanol–water partition coefficient (Wildman–Crippen LogP) is 1.26. The monoisotopic (exact) mass is 400 g/mol. The van der Waals surface area contributed by atoms with E-state index in [-0.39, 0.29) is 19.4 Å². The van der Waals surface area contributed by atoms with Gasteiger partial charge < -0.3 is 24.8 Å². The molecule has 154 valence electrons. The van der Waals surface area contributed by atoms with Gasteiger partial charge in [-0.2, -0.15) is 8.78 Å². The molecule has 1 heterocycles. The van der Waals surface area contributed by atoms with Crippen LogP contribution in [0.1, 0.15) is 19.3 Å². The summed E-state index contributed by atoms with van der Waals surface area (Å²) in [6.45, 7) is -3.40. The summed E-state index contributed by atoms with van der Waals surface area (Å²) in [6, 6.07) is 7.83. The summed E-state index contributed by atoms with van der Waals surface area (Å²) < 4.78 is 34.4. The Bertz CT molecular complexity index is 673. The number of alkyl halides is 2. The Hall–Kier alpha value is -2.75. The molecule has 1 aromatic rings. The summed E-state index contributed by atoms with van der Waals surface area (Å²) in [5.74, 6) is -1.68. The van der Waals surface area contributed by atoms with Crippen LogP contribution in [0.4, 0.5) is 8.78 Å². The van der Waals surface area contributed by atoms with E-state index in [1.165, 1.54) is 0 Å². The molecule has 0 aliphatic carbocycles. The van der Waals surface area contributed by atoms with Gasteiger partial charge in [0.15, 0.2) is 0 Å². The first-order valence-electron chi connectivity index (χ1n) is 8.77. The third-order valence-corrected chi connectivity index (χ3v) is 4.16. The van der Waals surface area contributed by atoms with Crippen LogP contribution in [0, 0.1) is 0 Å². The highest BCUT2D eigenvalue weighted by atomic mass is 19.3. The van der Waals surface area contributed by atoms with E-state index in [4.69, 9.17) is 9.84 Å². The smallest absolute Gasteiger partial charge is 0.345 e. The van der Waals surface area contributed by atoms with Crippen molar-refractivity contribution in [1.82, 2.24) is 10.2 Å². The van der Waals surface area contributed by atoms with Gasteiger partial charge in [0, 0.05) is 19.4 Å². The summed E-state index contributed by atoms with van der Waals surface area (Å²) in [4.78, 5) is 36.2. The number of likely N-dealkylation sites (tertiary alicyclic amines) is 1. The van der Waals surface area contributed by atoms with Gasteiger partial charge in [-0.15, -0.1) is 0 Å². The fourth-order valence-electron chi connectivity index (χ4n) is 2.85. The second-order valence-corrected chi connectivity index (χ2v) is 6.20. The Labute approximate surface area is 160 Å². The normalized spacial score (nSPS) is 18.9. The number of para-hydroxylation sites is 1. The van der Waals surface area contributed by atoms with Crippen LogP contribution in [0.25, 0.3) is 0 Å². The van der Waals surface area contributed by atoms with Gasteiger partial charge in [0.25, 0.3) is 0 Å². The second-order valence-electron chi connectivity index (χ2n) is 6.20. The minimum absolute atomic E-state index is 0.125. The number of hydrogen-bond donors (Lipinski definition) is 2. The molecule has 8 nitrogen and oxygen atoms in total. The molecule has 28 heavy (non-hydrogen) atoms. The van der Waals surface area contributed by atoms with Gasteiger partial charge in [-0.1, -0.05) is 18.2 Å². The van der Waals surface area contributed by atoms with Crippen LogP contribution in [0.15, 0.2) is 30.3 Å². The Balaban J connectivity index is 1.71. The number of nitrogens with zero attached hydrogens (tertiary/aromatic N) is 1. The van der Waals surface area contributed by atoms with Crippen molar-refractivity contribution in [2.45, 2.75) is 38.0 Å². The van der Waals surface area contributed by atoms with Gasteiger partial charge in [0.2, 0.25) is 11.8 Å². The number of carboxylic acids is 1. The lowest BCUT2D eigenvalue weighted by atomic mass is 10.2. The van der Waals surface area contributed by atoms with E-state index in [0.717, 1.165) is 4.90 Å². The number of carboxylic acid groups (broad SMARTS) is 1. The highest BCUT2D eigenvalue weighted by Gasteiger charge is 2.41. The molecule has 2 rings (SSSR count). The number of hydrogen-bond acceptors (Lipinski definition) is 5. The van der Waals surface area contributed by atoms with Gasteiger partial charge in [-0.25, -0.2) is 4.79 Å². The summed E-state index contributed by atoms with van der Waals surface area (Å²) >= 11 is 0. The summed E-state index contributed by atoms with van der Waals surface area (Å²) in [5, 5.41) is 11.6. The van der Waals surface area contributed by atoms with Crippen molar-refractivity contribution in [1.29, 1.82) is 0 Å². The van der Waals surface area contributed by atoms with E-state index in [9.17, 15) is 23.2 Å². The lowest BCUT2D eigenvalue weighted by molar-refractivity contribution is -0.160. The van der Waals surface area contributed by atoms with Crippen LogP contribution in [-0.2, 0) is 19.1 Å². The first kappa shape index (κ1) is 21.5. The minimum atomic E-state index is -3.05. The molecule has 0 unspecified atom stereocenters. The van der Waals surface area contributed by atoms with Crippen LogP contribution in [0.3, 0.4) is 0 Å². The van der Waals surface area contributed by atoms with E-state index >= 15 is 0 Å². The molecule has 2 atom stereocenters. The fraction of sp³-hybridized carbons (Fsp3) is 0.500. The third kappa shape index (κ3) is 6.76. The van der Waals surface area contributed by atoms with Crippen molar-refractivity contribution in [3.8, 4) is 5.75 Å². The number of carbonyl (C=O) groups is 3. The molecule has 2 amide bonds. The minimum Gasteiger partial charge on any atom is -0.494 e. The molecule has 2 N–H and O–H groups in total. The van der Waals surface area contributed by atoms with E-state index < -0.39 is 43.1 Å². The fourth-order valence-corrected chi connectivity index (χ4v) is 2.85. The largest absolute Gasteiger partial charge is 0.494 e. The van der Waals surface area contributed by atoms with E-state index in [0.29, 0.717) is 18.8 Å². The van der Waals surface area contributed by atoms with Crippen molar-refractivity contribution in [2.24, 2.45) is 0 Å². The van der Waals surface area contributed by atoms with Crippen LogP contribution in [0.5, 0.6) is 5.75 Å². The van der Waals surface area contributed by atoms with Crippen LogP contribution in [0.2, 0.25) is 0 Å². The highest BCUT2D eigenvalue weighted by molar-refractivity contribution is 5.88. The molecule has 10 heteroatoms. The molecule has 0 spiro atoms. The van der Waals surface area contributed by atoms with E-state index in [2.05, 4.69) is 10.1 Å². The molecule has 0 aromatic heterocycles. The maximum Gasteiger partial charge on any atom is 0.345 e. The van der Waals surface area contributed by atoms with Crippen molar-refractivity contribution in [2.75, 3.05) is 19.7 Å². The zero-order valence-electron chi connectivity index (χ0n) is 15.1. The maximum absolute atomic E-state index is 12.3. The van der Waals surface area contributed by atoms with Crippen LogP contribution >= 0.6 is 0 Å². The molecular formula is C18H22F2N2O6. The molecule has 0 bridgehead atoms. The predicted molar refractivity (Wildman–Crippen MR) is 92.8 cm³/mol. The number of benzene rings is 1. The van der Waals surface area contributed by atoms with Crippen LogP contribution < -0.4 is 10.1 Å². The average Bonchev–Trinajstić information content (AvgIpc) is 3.07. The third-order valence-electron chi connectivity index (χ3n) is 4.16. The summed E-state index contributed by atoms with van der Waals surface area (Å²) in [5.41, 5.74) is 0. The lowest BCUT2D eigenvalue weighted by Crippen LogP contribution is -2.45. The van der Waals surface area contributed by atoms with E-state index in [1.54, 1.807) is 12.1 Å². The number of ether oxygens (including phenoxy) is 2. The number of carbonyl (C=O) groups excluding carboxylic acids is 2. The Morgan fingerprint density at radius 2 is 1.96 bits per heavy atom. The van der Waals surface area contributed by atoms with Crippen molar-refractivity contribution >= 4 is 17.8 Å².